The van der Waals surface area contributed by atoms with E-state index in [0.29, 0.717) is 18.0 Å². The van der Waals surface area contributed by atoms with E-state index in [9.17, 15) is 8.42 Å². The molecule has 0 aliphatic heterocycles. The number of hydrogen-bond donors (Lipinski definition) is 1. The van der Waals surface area contributed by atoms with Gasteiger partial charge in [-0.15, -0.1) is 0 Å². The minimum atomic E-state index is -2.96. The van der Waals surface area contributed by atoms with Crippen LogP contribution in [0.3, 0.4) is 0 Å². The van der Waals surface area contributed by atoms with Crippen molar-refractivity contribution in [3.8, 4) is 0 Å². The van der Waals surface area contributed by atoms with Crippen LogP contribution in [-0.4, -0.2) is 32.5 Å². The third-order valence-corrected chi connectivity index (χ3v) is 4.38. The summed E-state index contributed by atoms with van der Waals surface area (Å²) in [7, 11) is -2.96. The van der Waals surface area contributed by atoms with Gasteiger partial charge >= 0.3 is 0 Å². The first-order chi connectivity index (χ1) is 9.08. The quantitative estimate of drug-likeness (QED) is 0.876. The van der Waals surface area contributed by atoms with Gasteiger partial charge in [0, 0.05) is 23.4 Å². The molecule has 1 unspecified atom stereocenters. The molecule has 1 atom stereocenters. The van der Waals surface area contributed by atoms with Gasteiger partial charge in [-0.2, -0.15) is 0 Å². The predicted octanol–water partition coefficient (Wildman–Crippen LogP) is 3.25. The maximum atomic E-state index is 11.4. The van der Waals surface area contributed by atoms with Gasteiger partial charge in [-0.25, -0.2) is 8.42 Å². The van der Waals surface area contributed by atoms with E-state index in [4.69, 9.17) is 11.6 Å². The highest BCUT2D eigenvalue weighted by atomic mass is 35.5. The van der Waals surface area contributed by atoms with Crippen LogP contribution in [-0.2, 0) is 9.84 Å². The summed E-state index contributed by atoms with van der Waals surface area (Å²) in [6.45, 7) is 6.98. The topological polar surface area (TPSA) is 46.2 Å². The molecule has 0 heterocycles. The summed E-state index contributed by atoms with van der Waals surface area (Å²) in [6.07, 6.45) is 1.85. The van der Waals surface area contributed by atoms with E-state index in [2.05, 4.69) is 26.1 Å². The van der Waals surface area contributed by atoms with Crippen LogP contribution in [0.15, 0.2) is 24.3 Å². The summed E-state index contributed by atoms with van der Waals surface area (Å²) < 4.78 is 22.8. The third-order valence-electron chi connectivity index (χ3n) is 3.06. The molecule has 0 saturated heterocycles. The van der Waals surface area contributed by atoms with Crippen LogP contribution in [0.5, 0.6) is 0 Å². The summed E-state index contributed by atoms with van der Waals surface area (Å²) in [4.78, 5) is 0. The van der Waals surface area contributed by atoms with E-state index in [1.807, 2.05) is 24.3 Å². The molecule has 3 nitrogen and oxygen atoms in total. The predicted molar refractivity (Wildman–Crippen MR) is 86.3 cm³/mol. The molecular formula is C15H24ClNO2S. The van der Waals surface area contributed by atoms with Crippen molar-refractivity contribution in [2.24, 2.45) is 0 Å². The number of hydrogen-bond acceptors (Lipinski definition) is 3. The number of nitrogens with one attached hydrogen (secondary N) is 1. The molecule has 20 heavy (non-hydrogen) atoms. The molecule has 1 aromatic rings. The average Bonchev–Trinajstić information content (AvgIpc) is 2.28. The Morgan fingerprint density at radius 1 is 1.25 bits per heavy atom. The van der Waals surface area contributed by atoms with E-state index >= 15 is 0 Å². The second-order valence-corrected chi connectivity index (χ2v) is 8.93. The lowest BCUT2D eigenvalue weighted by molar-refractivity contribution is 0.403. The molecule has 0 spiro atoms. The Hall–Kier alpha value is -0.580. The molecule has 0 saturated carbocycles. The van der Waals surface area contributed by atoms with Crippen molar-refractivity contribution in [2.75, 3.05) is 18.6 Å². The van der Waals surface area contributed by atoms with Gasteiger partial charge < -0.3 is 5.32 Å². The van der Waals surface area contributed by atoms with Crippen molar-refractivity contribution in [3.05, 3.63) is 34.9 Å². The number of benzene rings is 1. The molecule has 0 bridgehead atoms. The van der Waals surface area contributed by atoms with Gasteiger partial charge in [0.05, 0.1) is 5.75 Å². The molecule has 5 heteroatoms. The third kappa shape index (κ3) is 6.73. The monoisotopic (exact) mass is 317 g/mol. The van der Waals surface area contributed by atoms with Gasteiger partial charge in [0.15, 0.2) is 0 Å². The molecule has 1 N–H and O–H groups in total. The van der Waals surface area contributed by atoms with E-state index in [1.54, 1.807) is 0 Å². The molecule has 1 rings (SSSR count). The summed E-state index contributed by atoms with van der Waals surface area (Å²) in [5.74, 6) is 0.270. The SMILES string of the molecule is CC(C)(C)NCC(CCS(C)(=O)=O)c1ccccc1Cl. The van der Waals surface area contributed by atoms with E-state index in [1.165, 1.54) is 6.26 Å². The van der Waals surface area contributed by atoms with E-state index < -0.39 is 9.84 Å². The molecule has 0 radical (unpaired) electrons. The minimum absolute atomic E-state index is 0.00933. The molecule has 0 fully saturated rings. The summed E-state index contributed by atoms with van der Waals surface area (Å²) >= 11 is 6.24. The van der Waals surface area contributed by atoms with Crippen LogP contribution < -0.4 is 5.32 Å². The maximum absolute atomic E-state index is 11.4. The summed E-state index contributed by atoms with van der Waals surface area (Å²) in [5.41, 5.74) is 1.000. The van der Waals surface area contributed by atoms with Crippen LogP contribution >= 0.6 is 11.6 Å². The lowest BCUT2D eigenvalue weighted by atomic mass is 9.95. The van der Waals surface area contributed by atoms with Gasteiger partial charge in [0.25, 0.3) is 0 Å². The van der Waals surface area contributed by atoms with E-state index in [0.717, 1.165) is 5.56 Å². The van der Waals surface area contributed by atoms with Crippen molar-refractivity contribution in [2.45, 2.75) is 38.6 Å². The Kier molecular flexibility index (Phi) is 6.05. The Morgan fingerprint density at radius 3 is 2.35 bits per heavy atom. The first kappa shape index (κ1) is 17.5. The van der Waals surface area contributed by atoms with Crippen molar-refractivity contribution in [1.82, 2.24) is 5.32 Å². The molecule has 114 valence electrons. The van der Waals surface area contributed by atoms with Crippen molar-refractivity contribution < 1.29 is 8.42 Å². The average molecular weight is 318 g/mol. The highest BCUT2D eigenvalue weighted by Gasteiger charge is 2.19. The molecular weight excluding hydrogens is 294 g/mol. The Bertz CT molecular complexity index is 535. The molecule has 0 aromatic heterocycles. The lowest BCUT2D eigenvalue weighted by Crippen LogP contribution is -2.39. The lowest BCUT2D eigenvalue weighted by Gasteiger charge is -2.26. The second-order valence-electron chi connectivity index (χ2n) is 6.27. The highest BCUT2D eigenvalue weighted by Crippen LogP contribution is 2.27. The Labute approximate surface area is 127 Å². The number of halogens is 1. The van der Waals surface area contributed by atoms with Gasteiger partial charge in [-0.3, -0.25) is 0 Å². The first-order valence-corrected chi connectivity index (χ1v) is 9.19. The standard InChI is InChI=1S/C15H24ClNO2S/c1-15(2,3)17-11-12(9-10-20(4,18)19)13-7-5-6-8-14(13)16/h5-8,12,17H,9-11H2,1-4H3. The van der Waals surface area contributed by atoms with Gasteiger partial charge in [-0.1, -0.05) is 29.8 Å². The van der Waals surface area contributed by atoms with Crippen LogP contribution in [0.2, 0.25) is 5.02 Å². The first-order valence-electron chi connectivity index (χ1n) is 6.76. The van der Waals surface area contributed by atoms with Crippen molar-refractivity contribution in [3.63, 3.8) is 0 Å². The molecule has 0 aliphatic rings. The summed E-state index contributed by atoms with van der Waals surface area (Å²) in [5, 5.41) is 4.13. The highest BCUT2D eigenvalue weighted by molar-refractivity contribution is 7.90. The number of sulfone groups is 1. The second kappa shape index (κ2) is 6.92. The zero-order valence-corrected chi connectivity index (χ0v) is 14.2. The van der Waals surface area contributed by atoms with Crippen LogP contribution in [0, 0.1) is 0 Å². The fourth-order valence-corrected chi connectivity index (χ4v) is 2.96. The maximum Gasteiger partial charge on any atom is 0.147 e. The van der Waals surface area contributed by atoms with Crippen molar-refractivity contribution in [1.29, 1.82) is 0 Å². The summed E-state index contributed by atoms with van der Waals surface area (Å²) in [6, 6.07) is 7.64. The smallest absolute Gasteiger partial charge is 0.147 e. The zero-order valence-electron chi connectivity index (χ0n) is 12.6. The van der Waals surface area contributed by atoms with Gasteiger partial charge in [0.1, 0.15) is 9.84 Å². The molecule has 0 aliphatic carbocycles. The normalized spacial score (nSPS) is 14.2. The van der Waals surface area contributed by atoms with Crippen LogP contribution in [0.25, 0.3) is 0 Å². The Morgan fingerprint density at radius 2 is 1.85 bits per heavy atom. The number of rotatable bonds is 6. The van der Waals surface area contributed by atoms with Crippen molar-refractivity contribution >= 4 is 21.4 Å². The van der Waals surface area contributed by atoms with Gasteiger partial charge in [0.2, 0.25) is 0 Å². The zero-order chi connectivity index (χ0) is 15.4. The minimum Gasteiger partial charge on any atom is -0.311 e. The van der Waals surface area contributed by atoms with Crippen LogP contribution in [0.4, 0.5) is 0 Å². The molecule has 0 amide bonds. The largest absolute Gasteiger partial charge is 0.311 e. The van der Waals surface area contributed by atoms with E-state index in [-0.39, 0.29) is 17.2 Å². The van der Waals surface area contributed by atoms with Gasteiger partial charge in [-0.05, 0) is 44.7 Å². The Balaban J connectivity index is 2.87. The fourth-order valence-electron chi connectivity index (χ4n) is 1.96. The van der Waals surface area contributed by atoms with Crippen LogP contribution in [0.1, 0.15) is 38.7 Å². The fraction of sp³-hybridized carbons (Fsp3) is 0.600. The molecule has 1 aromatic carbocycles.